The molecule has 1 amide bonds. The fraction of sp³-hybridized carbons (Fsp3) is 0.263. The summed E-state index contributed by atoms with van der Waals surface area (Å²) in [5.41, 5.74) is 2.36. The normalized spacial score (nSPS) is 10.8. The van der Waals surface area contributed by atoms with E-state index in [-0.39, 0.29) is 12.3 Å². The highest BCUT2D eigenvalue weighted by molar-refractivity contribution is 5.76. The van der Waals surface area contributed by atoms with E-state index in [0.717, 1.165) is 17.7 Å². The van der Waals surface area contributed by atoms with Gasteiger partial charge in [0.25, 0.3) is 0 Å². The number of para-hydroxylation sites is 2. The minimum atomic E-state index is -0.438. The van der Waals surface area contributed by atoms with Crippen LogP contribution in [0.5, 0.6) is 5.75 Å². The van der Waals surface area contributed by atoms with Crippen LogP contribution in [-0.2, 0) is 17.8 Å². The second-order valence-electron chi connectivity index (χ2n) is 5.69. The van der Waals surface area contributed by atoms with E-state index in [9.17, 15) is 9.59 Å². The number of oxazole rings is 1. The van der Waals surface area contributed by atoms with Crippen molar-refractivity contribution in [3.8, 4) is 5.75 Å². The van der Waals surface area contributed by atoms with Gasteiger partial charge in [-0.3, -0.25) is 9.36 Å². The number of hydrogen-bond donors (Lipinski definition) is 1. The third-order valence-corrected chi connectivity index (χ3v) is 4.03. The maximum atomic E-state index is 12.0. The predicted octanol–water partition coefficient (Wildman–Crippen LogP) is 2.35. The van der Waals surface area contributed by atoms with Gasteiger partial charge in [-0.05, 0) is 36.2 Å². The highest BCUT2D eigenvalue weighted by Crippen LogP contribution is 2.12. The zero-order valence-electron chi connectivity index (χ0n) is 14.0. The third-order valence-electron chi connectivity index (χ3n) is 4.03. The van der Waals surface area contributed by atoms with Crippen LogP contribution in [0, 0.1) is 0 Å². The molecule has 25 heavy (non-hydrogen) atoms. The van der Waals surface area contributed by atoms with E-state index < -0.39 is 5.76 Å². The van der Waals surface area contributed by atoms with E-state index in [1.165, 1.54) is 4.57 Å². The molecule has 0 spiro atoms. The lowest BCUT2D eigenvalue weighted by atomic mass is 10.1. The molecule has 3 aromatic rings. The van der Waals surface area contributed by atoms with Crippen molar-refractivity contribution in [1.82, 2.24) is 9.88 Å². The summed E-state index contributed by atoms with van der Waals surface area (Å²) in [5.74, 6) is 0.281. The number of nitrogens with one attached hydrogen (secondary N) is 1. The quantitative estimate of drug-likeness (QED) is 0.716. The number of carbonyl (C=O) groups excluding carboxylic acids is 1. The smallest absolute Gasteiger partial charge is 0.419 e. The summed E-state index contributed by atoms with van der Waals surface area (Å²) in [6.45, 7) is 0.844. The Morgan fingerprint density at radius 1 is 1.16 bits per heavy atom. The summed E-state index contributed by atoms with van der Waals surface area (Å²) in [6, 6.07) is 14.9. The third kappa shape index (κ3) is 4.09. The average Bonchev–Trinajstić information content (AvgIpc) is 2.95. The molecule has 0 radical (unpaired) electrons. The molecule has 0 unspecified atom stereocenters. The monoisotopic (exact) mass is 340 g/mol. The van der Waals surface area contributed by atoms with Gasteiger partial charge in [0.05, 0.1) is 12.6 Å². The molecule has 0 aliphatic rings. The molecule has 1 N–H and O–H groups in total. The first-order valence-corrected chi connectivity index (χ1v) is 8.15. The molecule has 6 nitrogen and oxygen atoms in total. The molecule has 2 aromatic carbocycles. The van der Waals surface area contributed by atoms with Crippen LogP contribution in [-0.4, -0.2) is 24.1 Å². The number of nitrogens with zero attached hydrogens (tertiary/aromatic N) is 1. The number of benzene rings is 2. The fourth-order valence-electron chi connectivity index (χ4n) is 2.67. The number of carbonyl (C=O) groups is 1. The van der Waals surface area contributed by atoms with Gasteiger partial charge in [-0.2, -0.15) is 0 Å². The minimum Gasteiger partial charge on any atom is -0.497 e. The van der Waals surface area contributed by atoms with Crippen LogP contribution in [0.1, 0.15) is 12.0 Å². The maximum Gasteiger partial charge on any atom is 0.419 e. The van der Waals surface area contributed by atoms with Crippen LogP contribution in [0.2, 0.25) is 0 Å². The number of methoxy groups -OCH3 is 1. The Hall–Kier alpha value is -3.02. The van der Waals surface area contributed by atoms with Crippen molar-refractivity contribution in [2.45, 2.75) is 19.4 Å². The van der Waals surface area contributed by atoms with Crippen LogP contribution in [0.4, 0.5) is 0 Å². The van der Waals surface area contributed by atoms with Gasteiger partial charge in [0.15, 0.2) is 5.58 Å². The van der Waals surface area contributed by atoms with Gasteiger partial charge in [-0.15, -0.1) is 0 Å². The second kappa shape index (κ2) is 7.70. The van der Waals surface area contributed by atoms with Crippen molar-refractivity contribution >= 4 is 17.0 Å². The summed E-state index contributed by atoms with van der Waals surface area (Å²) in [6.07, 6.45) is 0.969. The van der Waals surface area contributed by atoms with E-state index in [4.69, 9.17) is 9.15 Å². The Kier molecular flexibility index (Phi) is 5.18. The summed E-state index contributed by atoms with van der Waals surface area (Å²) >= 11 is 0. The van der Waals surface area contributed by atoms with Crippen molar-refractivity contribution in [3.05, 3.63) is 64.6 Å². The fourth-order valence-corrected chi connectivity index (χ4v) is 2.67. The minimum absolute atomic E-state index is 0.0920. The molecule has 1 heterocycles. The molecule has 3 rings (SSSR count). The number of aromatic nitrogens is 1. The Morgan fingerprint density at radius 3 is 2.68 bits per heavy atom. The summed E-state index contributed by atoms with van der Waals surface area (Å²) in [4.78, 5) is 23.9. The molecule has 0 atom stereocenters. The highest BCUT2D eigenvalue weighted by atomic mass is 16.5. The van der Waals surface area contributed by atoms with Crippen LogP contribution in [0.15, 0.2) is 57.7 Å². The summed E-state index contributed by atoms with van der Waals surface area (Å²) in [5, 5.41) is 2.87. The van der Waals surface area contributed by atoms with Crippen LogP contribution in [0.25, 0.3) is 11.1 Å². The number of hydrogen-bond acceptors (Lipinski definition) is 4. The molecular weight excluding hydrogens is 320 g/mol. The molecule has 130 valence electrons. The summed E-state index contributed by atoms with van der Waals surface area (Å²) in [7, 11) is 1.63. The Morgan fingerprint density at radius 2 is 1.92 bits per heavy atom. The Bertz CT molecular complexity index is 909. The zero-order valence-corrected chi connectivity index (χ0v) is 14.0. The number of ether oxygens (including phenoxy) is 1. The van der Waals surface area contributed by atoms with Crippen molar-refractivity contribution < 1.29 is 13.9 Å². The topological polar surface area (TPSA) is 73.5 Å². The molecule has 0 fully saturated rings. The molecule has 0 bridgehead atoms. The van der Waals surface area contributed by atoms with Crippen molar-refractivity contribution in [2.75, 3.05) is 13.7 Å². The first-order valence-electron chi connectivity index (χ1n) is 8.15. The van der Waals surface area contributed by atoms with E-state index in [1.807, 2.05) is 42.5 Å². The lowest BCUT2D eigenvalue weighted by Crippen LogP contribution is -2.27. The van der Waals surface area contributed by atoms with Crippen molar-refractivity contribution in [1.29, 1.82) is 0 Å². The molecule has 0 saturated heterocycles. The number of aryl methyl sites for hydroxylation is 1. The number of rotatable bonds is 7. The van der Waals surface area contributed by atoms with Gasteiger partial charge in [0.1, 0.15) is 5.75 Å². The molecule has 0 aliphatic carbocycles. The van der Waals surface area contributed by atoms with E-state index in [0.29, 0.717) is 24.2 Å². The Balaban J connectivity index is 1.49. The molecule has 0 aliphatic heterocycles. The average molecular weight is 340 g/mol. The lowest BCUT2D eigenvalue weighted by molar-refractivity contribution is -0.121. The van der Waals surface area contributed by atoms with Crippen LogP contribution >= 0.6 is 0 Å². The maximum absolute atomic E-state index is 12.0. The van der Waals surface area contributed by atoms with Gasteiger partial charge in [0.2, 0.25) is 5.91 Å². The second-order valence-corrected chi connectivity index (χ2v) is 5.69. The molecular formula is C19H20N2O4. The first kappa shape index (κ1) is 16.8. The van der Waals surface area contributed by atoms with Gasteiger partial charge in [-0.1, -0.05) is 24.3 Å². The van der Waals surface area contributed by atoms with Crippen molar-refractivity contribution in [3.63, 3.8) is 0 Å². The van der Waals surface area contributed by atoms with Crippen molar-refractivity contribution in [2.24, 2.45) is 0 Å². The number of fused-ring (bicyclic) bond motifs is 1. The van der Waals surface area contributed by atoms with Gasteiger partial charge in [0, 0.05) is 19.5 Å². The lowest BCUT2D eigenvalue weighted by Gasteiger charge is -2.07. The zero-order chi connectivity index (χ0) is 17.6. The van der Waals surface area contributed by atoms with E-state index in [2.05, 4.69) is 5.32 Å². The first-order chi connectivity index (χ1) is 12.2. The van der Waals surface area contributed by atoms with Crippen LogP contribution < -0.4 is 15.8 Å². The van der Waals surface area contributed by atoms with Gasteiger partial charge < -0.3 is 14.5 Å². The van der Waals surface area contributed by atoms with Gasteiger partial charge in [-0.25, -0.2) is 4.79 Å². The molecule has 0 saturated carbocycles. The largest absolute Gasteiger partial charge is 0.497 e. The summed E-state index contributed by atoms with van der Waals surface area (Å²) < 4.78 is 11.8. The Labute approximate surface area is 145 Å². The standard InChI is InChI=1S/C19H20N2O4/c1-24-15-8-6-14(7-9-15)10-12-20-18(22)11-13-21-16-4-2-3-5-17(16)25-19(21)23/h2-9H,10-13H2,1H3,(H,20,22). The van der Waals surface area contributed by atoms with Crippen LogP contribution in [0.3, 0.4) is 0 Å². The SMILES string of the molecule is COc1ccc(CCNC(=O)CCn2c(=O)oc3ccccc32)cc1. The van der Waals surface area contributed by atoms with E-state index >= 15 is 0 Å². The molecule has 1 aromatic heterocycles. The number of amides is 1. The highest BCUT2D eigenvalue weighted by Gasteiger charge is 2.10. The predicted molar refractivity (Wildman–Crippen MR) is 94.8 cm³/mol. The van der Waals surface area contributed by atoms with E-state index in [1.54, 1.807) is 13.2 Å². The van der Waals surface area contributed by atoms with Gasteiger partial charge >= 0.3 is 5.76 Å². The molecule has 6 heteroatoms.